The van der Waals surface area contributed by atoms with E-state index in [2.05, 4.69) is 24.5 Å². The SMILES string of the molecule is C[C@@H](O)[C@H](NC(=O)NC1CCCC(C)(C)C1)C(=O)O. The van der Waals surface area contributed by atoms with E-state index in [1.165, 1.54) is 6.92 Å². The highest BCUT2D eigenvalue weighted by atomic mass is 16.4. The van der Waals surface area contributed by atoms with Crippen LogP contribution in [0.1, 0.15) is 46.5 Å². The van der Waals surface area contributed by atoms with E-state index >= 15 is 0 Å². The number of rotatable bonds is 4. The Balaban J connectivity index is 2.48. The summed E-state index contributed by atoms with van der Waals surface area (Å²) in [4.78, 5) is 22.6. The Morgan fingerprint density at radius 1 is 1.37 bits per heavy atom. The number of amides is 2. The summed E-state index contributed by atoms with van der Waals surface area (Å²) >= 11 is 0. The summed E-state index contributed by atoms with van der Waals surface area (Å²) < 4.78 is 0. The van der Waals surface area contributed by atoms with Gasteiger partial charge in [0.2, 0.25) is 0 Å². The van der Waals surface area contributed by atoms with E-state index in [4.69, 9.17) is 5.11 Å². The molecule has 0 saturated heterocycles. The lowest BCUT2D eigenvalue weighted by Crippen LogP contribution is -2.53. The molecule has 1 aliphatic rings. The van der Waals surface area contributed by atoms with Crippen molar-refractivity contribution in [1.29, 1.82) is 0 Å². The number of carboxylic acids is 1. The summed E-state index contributed by atoms with van der Waals surface area (Å²) in [6, 6.07) is -1.75. The van der Waals surface area contributed by atoms with Crippen molar-refractivity contribution in [2.75, 3.05) is 0 Å². The molecular weight excluding hydrogens is 248 g/mol. The van der Waals surface area contributed by atoms with Crippen LogP contribution in [0, 0.1) is 5.41 Å². The number of nitrogens with one attached hydrogen (secondary N) is 2. The number of hydrogen-bond acceptors (Lipinski definition) is 3. The van der Waals surface area contributed by atoms with Crippen molar-refractivity contribution in [3.05, 3.63) is 0 Å². The molecule has 6 heteroatoms. The molecule has 1 unspecified atom stereocenters. The fourth-order valence-electron chi connectivity index (χ4n) is 2.58. The third kappa shape index (κ3) is 5.06. The molecule has 0 bridgehead atoms. The molecule has 2 amide bonds. The molecule has 4 N–H and O–H groups in total. The topological polar surface area (TPSA) is 98.7 Å². The average Bonchev–Trinajstić information content (AvgIpc) is 2.23. The van der Waals surface area contributed by atoms with Crippen molar-refractivity contribution in [3.8, 4) is 0 Å². The molecule has 1 fully saturated rings. The summed E-state index contributed by atoms with van der Waals surface area (Å²) in [6.45, 7) is 5.66. The van der Waals surface area contributed by atoms with Gasteiger partial charge in [-0.2, -0.15) is 0 Å². The van der Waals surface area contributed by atoms with Gasteiger partial charge >= 0.3 is 12.0 Å². The van der Waals surface area contributed by atoms with Crippen molar-refractivity contribution in [2.24, 2.45) is 5.41 Å². The monoisotopic (exact) mass is 272 g/mol. The van der Waals surface area contributed by atoms with Crippen LogP contribution in [0.4, 0.5) is 4.79 Å². The van der Waals surface area contributed by atoms with Crippen LogP contribution >= 0.6 is 0 Å². The van der Waals surface area contributed by atoms with Crippen LogP contribution in [0.5, 0.6) is 0 Å². The lowest BCUT2D eigenvalue weighted by atomic mass is 9.75. The van der Waals surface area contributed by atoms with Crippen LogP contribution in [0.25, 0.3) is 0 Å². The summed E-state index contributed by atoms with van der Waals surface area (Å²) in [7, 11) is 0. The van der Waals surface area contributed by atoms with Gasteiger partial charge in [0.05, 0.1) is 6.10 Å². The van der Waals surface area contributed by atoms with Crippen molar-refractivity contribution in [2.45, 2.75) is 64.6 Å². The molecular formula is C13H24N2O4. The Morgan fingerprint density at radius 2 is 2.00 bits per heavy atom. The highest BCUT2D eigenvalue weighted by Gasteiger charge is 2.30. The zero-order valence-corrected chi connectivity index (χ0v) is 11.8. The molecule has 19 heavy (non-hydrogen) atoms. The van der Waals surface area contributed by atoms with Crippen LogP contribution in [-0.4, -0.2) is 40.4 Å². The van der Waals surface area contributed by atoms with Crippen LogP contribution < -0.4 is 10.6 Å². The normalized spacial score (nSPS) is 25.2. The van der Waals surface area contributed by atoms with E-state index < -0.39 is 24.1 Å². The Bertz CT molecular complexity index is 342. The summed E-state index contributed by atoms with van der Waals surface area (Å²) in [5.41, 5.74) is 0.201. The van der Waals surface area contributed by atoms with E-state index in [9.17, 15) is 14.7 Å². The lowest BCUT2D eigenvalue weighted by Gasteiger charge is -2.35. The Morgan fingerprint density at radius 3 is 2.47 bits per heavy atom. The number of carbonyl (C=O) groups is 2. The summed E-state index contributed by atoms with van der Waals surface area (Å²) in [5, 5.41) is 23.3. The highest BCUT2D eigenvalue weighted by Crippen LogP contribution is 2.34. The fraction of sp³-hybridized carbons (Fsp3) is 0.846. The molecule has 0 spiro atoms. The second kappa shape index (κ2) is 6.23. The molecule has 0 aromatic carbocycles. The zero-order chi connectivity index (χ0) is 14.6. The maximum atomic E-state index is 11.7. The van der Waals surface area contributed by atoms with Crippen LogP contribution in [0.3, 0.4) is 0 Å². The Kier molecular flexibility index (Phi) is 5.17. The van der Waals surface area contributed by atoms with Gasteiger partial charge in [-0.1, -0.05) is 20.3 Å². The van der Waals surface area contributed by atoms with E-state index in [1.807, 2.05) is 0 Å². The van der Waals surface area contributed by atoms with Gasteiger partial charge in [0, 0.05) is 6.04 Å². The summed E-state index contributed by atoms with van der Waals surface area (Å²) in [5.74, 6) is -1.24. The quantitative estimate of drug-likeness (QED) is 0.615. The van der Waals surface area contributed by atoms with Gasteiger partial charge in [-0.15, -0.1) is 0 Å². The smallest absolute Gasteiger partial charge is 0.328 e. The van der Waals surface area contributed by atoms with Crippen molar-refractivity contribution in [1.82, 2.24) is 10.6 Å². The first-order valence-electron chi connectivity index (χ1n) is 6.69. The molecule has 0 aromatic heterocycles. The first kappa shape index (κ1) is 15.8. The van der Waals surface area contributed by atoms with Crippen molar-refractivity contribution in [3.63, 3.8) is 0 Å². The minimum absolute atomic E-state index is 0.0622. The molecule has 0 aliphatic heterocycles. The van der Waals surface area contributed by atoms with Gasteiger partial charge in [-0.05, 0) is 31.6 Å². The first-order valence-corrected chi connectivity index (χ1v) is 6.69. The van der Waals surface area contributed by atoms with E-state index in [0.29, 0.717) is 0 Å². The van der Waals surface area contributed by atoms with Gasteiger partial charge in [0.15, 0.2) is 6.04 Å². The second-order valence-electron chi connectivity index (χ2n) is 6.13. The minimum atomic E-state index is -1.28. The lowest BCUT2D eigenvalue weighted by molar-refractivity contribution is -0.141. The molecule has 110 valence electrons. The van der Waals surface area contributed by atoms with Crippen LogP contribution in [0.15, 0.2) is 0 Å². The van der Waals surface area contributed by atoms with Gasteiger partial charge < -0.3 is 20.8 Å². The first-order chi connectivity index (χ1) is 8.71. The summed E-state index contributed by atoms with van der Waals surface area (Å²) in [6.07, 6.45) is 2.84. The van der Waals surface area contributed by atoms with Gasteiger partial charge in [0.25, 0.3) is 0 Å². The third-order valence-corrected chi connectivity index (χ3v) is 3.58. The average molecular weight is 272 g/mol. The molecule has 0 radical (unpaired) electrons. The molecule has 1 aliphatic carbocycles. The molecule has 6 nitrogen and oxygen atoms in total. The van der Waals surface area contributed by atoms with Crippen LogP contribution in [-0.2, 0) is 4.79 Å². The maximum Gasteiger partial charge on any atom is 0.328 e. The highest BCUT2D eigenvalue weighted by molar-refractivity contribution is 5.83. The maximum absolute atomic E-state index is 11.7. The standard InChI is InChI=1S/C13H24N2O4/c1-8(16)10(11(17)18)15-12(19)14-9-5-4-6-13(2,3)7-9/h8-10,16H,4-7H2,1-3H3,(H,17,18)(H2,14,15,19)/t8-,9?,10+/m1/s1. The minimum Gasteiger partial charge on any atom is -0.480 e. The number of urea groups is 1. The number of carbonyl (C=O) groups excluding carboxylic acids is 1. The molecule has 1 rings (SSSR count). The number of aliphatic hydroxyl groups excluding tert-OH is 1. The Labute approximate surface area is 113 Å². The number of aliphatic hydroxyl groups is 1. The zero-order valence-electron chi connectivity index (χ0n) is 11.8. The largest absolute Gasteiger partial charge is 0.480 e. The van der Waals surface area contributed by atoms with E-state index in [1.54, 1.807) is 0 Å². The number of hydrogen-bond donors (Lipinski definition) is 4. The molecule has 3 atom stereocenters. The van der Waals surface area contributed by atoms with Crippen molar-refractivity contribution < 1.29 is 19.8 Å². The van der Waals surface area contributed by atoms with E-state index in [-0.39, 0.29) is 11.5 Å². The fourth-order valence-corrected chi connectivity index (χ4v) is 2.58. The van der Waals surface area contributed by atoms with Gasteiger partial charge in [-0.3, -0.25) is 0 Å². The second-order valence-corrected chi connectivity index (χ2v) is 6.13. The molecule has 1 saturated carbocycles. The molecule has 0 aromatic rings. The third-order valence-electron chi connectivity index (χ3n) is 3.58. The van der Waals surface area contributed by atoms with Crippen molar-refractivity contribution >= 4 is 12.0 Å². The van der Waals surface area contributed by atoms with Gasteiger partial charge in [0.1, 0.15) is 0 Å². The predicted octanol–water partition coefficient (Wildman–Crippen LogP) is 1.09. The van der Waals surface area contributed by atoms with Gasteiger partial charge in [-0.25, -0.2) is 9.59 Å². The number of carboxylic acid groups (broad SMARTS) is 1. The van der Waals surface area contributed by atoms with Crippen LogP contribution in [0.2, 0.25) is 0 Å². The molecule has 0 heterocycles. The predicted molar refractivity (Wildman–Crippen MR) is 70.8 cm³/mol. The Hall–Kier alpha value is -1.30. The number of aliphatic carboxylic acids is 1. The van der Waals surface area contributed by atoms with E-state index in [0.717, 1.165) is 25.7 Å².